The summed E-state index contributed by atoms with van der Waals surface area (Å²) in [5.41, 5.74) is 0.912. The molecule has 46 valence electrons. The van der Waals surface area contributed by atoms with Crippen LogP contribution in [0.4, 0.5) is 0 Å². The molecule has 2 nitrogen and oxygen atoms in total. The number of hydrogen-bond acceptors (Lipinski definition) is 2. The van der Waals surface area contributed by atoms with Gasteiger partial charge in [-0.15, -0.1) is 0 Å². The molecule has 0 N–H and O–H groups in total. The molecule has 0 aliphatic carbocycles. The van der Waals surface area contributed by atoms with Gasteiger partial charge in [-0.1, -0.05) is 20.4 Å². The van der Waals surface area contributed by atoms with E-state index in [1.807, 2.05) is 13.8 Å². The molecule has 0 spiro atoms. The van der Waals surface area contributed by atoms with Crippen molar-refractivity contribution in [2.45, 2.75) is 20.3 Å². The number of hydrogen-bond donors (Lipinski definition) is 0. The van der Waals surface area contributed by atoms with E-state index in [1.165, 1.54) is 0 Å². The second-order valence-electron chi connectivity index (χ2n) is 1.28. The molecule has 0 amide bonds. The van der Waals surface area contributed by atoms with Crippen LogP contribution >= 0.6 is 0 Å². The van der Waals surface area contributed by atoms with Crippen LogP contribution in [0.3, 0.4) is 0 Å². The summed E-state index contributed by atoms with van der Waals surface area (Å²) < 4.78 is 0. The second-order valence-corrected chi connectivity index (χ2v) is 1.28. The molecular formula is C6H12N2. The molecule has 0 aromatic heterocycles. The van der Waals surface area contributed by atoms with E-state index < -0.39 is 0 Å². The van der Waals surface area contributed by atoms with Gasteiger partial charge in [0.25, 0.3) is 0 Å². The van der Waals surface area contributed by atoms with Crippen molar-refractivity contribution in [3.8, 4) is 0 Å². The topological polar surface area (TPSA) is 24.7 Å². The van der Waals surface area contributed by atoms with Gasteiger partial charge in [0.1, 0.15) is 0 Å². The fourth-order valence-electron chi connectivity index (χ4n) is 0.379. The molecule has 8 heavy (non-hydrogen) atoms. The molecule has 0 saturated carbocycles. The Morgan fingerprint density at radius 1 is 1.50 bits per heavy atom. The zero-order chi connectivity index (χ0) is 6.41. The minimum atomic E-state index is 0.846. The third-order valence-corrected chi connectivity index (χ3v) is 0.713. The van der Waals surface area contributed by atoms with Gasteiger partial charge in [0, 0.05) is 6.42 Å². The van der Waals surface area contributed by atoms with Crippen molar-refractivity contribution in [1.82, 2.24) is 0 Å². The maximum Gasteiger partial charge on any atom is 0.0659 e. The smallest absolute Gasteiger partial charge is 0.0659 e. The highest BCUT2D eigenvalue weighted by molar-refractivity contribution is 4.93. The van der Waals surface area contributed by atoms with Crippen LogP contribution in [0, 0.1) is 0 Å². The van der Waals surface area contributed by atoms with Gasteiger partial charge in [0.05, 0.1) is 12.2 Å². The molecule has 0 atom stereocenters. The molecule has 1 aliphatic rings. The average molecular weight is 112 g/mol. The first kappa shape index (κ1) is 7.34. The minimum absolute atomic E-state index is 0.846. The summed E-state index contributed by atoms with van der Waals surface area (Å²) in [6.45, 7) is 8.44. The third-order valence-electron chi connectivity index (χ3n) is 0.713. The van der Waals surface area contributed by atoms with Crippen LogP contribution in [0.25, 0.3) is 0 Å². The molecule has 0 unspecified atom stereocenters. The van der Waals surface area contributed by atoms with Gasteiger partial charge in [-0.05, 0) is 0 Å². The van der Waals surface area contributed by atoms with Crippen LogP contribution in [-0.2, 0) is 0 Å². The van der Waals surface area contributed by atoms with Crippen LogP contribution in [0.15, 0.2) is 22.5 Å². The Hall–Kier alpha value is -0.660. The van der Waals surface area contributed by atoms with Crippen molar-refractivity contribution < 1.29 is 0 Å². The predicted octanol–water partition coefficient (Wildman–Crippen LogP) is 2.38. The maximum absolute atomic E-state index is 3.69. The standard InChI is InChI=1S/C4H6N2.C2H6/c1-4-2-3-5-6-4;1-2/h1-3H2;1-2H3. The van der Waals surface area contributed by atoms with E-state index in [9.17, 15) is 0 Å². The van der Waals surface area contributed by atoms with Crippen molar-refractivity contribution in [2.24, 2.45) is 10.2 Å². The molecule has 0 radical (unpaired) electrons. The predicted molar refractivity (Wildman–Crippen MR) is 34.8 cm³/mol. The normalized spacial score (nSPS) is 15.5. The number of rotatable bonds is 0. The van der Waals surface area contributed by atoms with E-state index in [1.54, 1.807) is 0 Å². The summed E-state index contributed by atoms with van der Waals surface area (Å²) in [5, 5.41) is 7.36. The fourth-order valence-corrected chi connectivity index (χ4v) is 0.379. The molecule has 1 aliphatic heterocycles. The lowest BCUT2D eigenvalue weighted by Gasteiger charge is -1.73. The Bertz CT molecular complexity index is 94.7. The first-order chi connectivity index (χ1) is 3.89. The lowest BCUT2D eigenvalue weighted by molar-refractivity contribution is 1.04. The Morgan fingerprint density at radius 3 is 2.25 bits per heavy atom. The highest BCUT2D eigenvalue weighted by atomic mass is 15.1. The molecule has 0 fully saturated rings. The first-order valence-corrected chi connectivity index (χ1v) is 2.95. The Kier molecular flexibility index (Phi) is 4.13. The van der Waals surface area contributed by atoms with E-state index in [0.717, 1.165) is 18.7 Å². The highest BCUT2D eigenvalue weighted by Crippen LogP contribution is 2.07. The minimum Gasteiger partial charge on any atom is -0.189 e. The molecule has 0 saturated heterocycles. The van der Waals surface area contributed by atoms with Crippen molar-refractivity contribution in [3.05, 3.63) is 12.3 Å². The lowest BCUT2D eigenvalue weighted by atomic mass is 10.4. The van der Waals surface area contributed by atoms with Gasteiger partial charge < -0.3 is 0 Å². The number of nitrogens with zero attached hydrogens (tertiary/aromatic N) is 2. The molecule has 0 aromatic carbocycles. The van der Waals surface area contributed by atoms with Crippen LogP contribution in [0.2, 0.25) is 0 Å². The average Bonchev–Trinajstić information content (AvgIpc) is 2.24. The monoisotopic (exact) mass is 112 g/mol. The largest absolute Gasteiger partial charge is 0.189 e. The SMILES string of the molecule is C=C1CCN=N1.CC. The Morgan fingerprint density at radius 2 is 2.12 bits per heavy atom. The summed E-state index contributed by atoms with van der Waals surface area (Å²) in [7, 11) is 0. The molecule has 2 heteroatoms. The van der Waals surface area contributed by atoms with Crippen LogP contribution in [0.5, 0.6) is 0 Å². The summed E-state index contributed by atoms with van der Waals surface area (Å²) >= 11 is 0. The summed E-state index contributed by atoms with van der Waals surface area (Å²) in [6, 6.07) is 0. The van der Waals surface area contributed by atoms with Crippen molar-refractivity contribution >= 4 is 0 Å². The summed E-state index contributed by atoms with van der Waals surface area (Å²) in [5.74, 6) is 0. The Labute approximate surface area is 50.3 Å². The molecule has 0 aromatic rings. The molecular weight excluding hydrogens is 100 g/mol. The van der Waals surface area contributed by atoms with Gasteiger partial charge in [-0.2, -0.15) is 10.2 Å². The molecule has 1 heterocycles. The first-order valence-electron chi connectivity index (χ1n) is 2.95. The van der Waals surface area contributed by atoms with Gasteiger partial charge >= 0.3 is 0 Å². The highest BCUT2D eigenvalue weighted by Gasteiger charge is 1.94. The summed E-state index contributed by atoms with van der Waals surface area (Å²) in [4.78, 5) is 0. The van der Waals surface area contributed by atoms with Crippen molar-refractivity contribution in [3.63, 3.8) is 0 Å². The van der Waals surface area contributed by atoms with E-state index >= 15 is 0 Å². The van der Waals surface area contributed by atoms with Crippen molar-refractivity contribution in [1.29, 1.82) is 0 Å². The van der Waals surface area contributed by atoms with Crippen LogP contribution in [-0.4, -0.2) is 6.54 Å². The number of azo groups is 1. The van der Waals surface area contributed by atoms with E-state index in [-0.39, 0.29) is 0 Å². The zero-order valence-electron chi connectivity index (χ0n) is 5.52. The quantitative estimate of drug-likeness (QED) is 0.459. The van der Waals surface area contributed by atoms with Gasteiger partial charge in [0.15, 0.2) is 0 Å². The zero-order valence-corrected chi connectivity index (χ0v) is 5.52. The van der Waals surface area contributed by atoms with Gasteiger partial charge in [0.2, 0.25) is 0 Å². The third kappa shape index (κ3) is 2.50. The Balaban J connectivity index is 0.000000222. The summed E-state index contributed by atoms with van der Waals surface area (Å²) in [6.07, 6.45) is 0.958. The van der Waals surface area contributed by atoms with Gasteiger partial charge in [-0.25, -0.2) is 0 Å². The van der Waals surface area contributed by atoms with Crippen LogP contribution < -0.4 is 0 Å². The van der Waals surface area contributed by atoms with E-state index in [2.05, 4.69) is 16.8 Å². The lowest BCUT2D eigenvalue weighted by Crippen LogP contribution is -1.66. The second kappa shape index (κ2) is 4.50. The molecule has 0 bridgehead atoms. The van der Waals surface area contributed by atoms with Crippen molar-refractivity contribution in [2.75, 3.05) is 6.54 Å². The van der Waals surface area contributed by atoms with E-state index in [0.29, 0.717) is 0 Å². The van der Waals surface area contributed by atoms with Crippen LogP contribution in [0.1, 0.15) is 20.3 Å². The van der Waals surface area contributed by atoms with E-state index in [4.69, 9.17) is 0 Å². The maximum atomic E-state index is 3.69. The van der Waals surface area contributed by atoms with Gasteiger partial charge in [-0.3, -0.25) is 0 Å². The molecule has 1 rings (SSSR count). The fraction of sp³-hybridized carbons (Fsp3) is 0.667.